The normalized spacial score (nSPS) is 12.8. The summed E-state index contributed by atoms with van der Waals surface area (Å²) in [6.45, 7) is 13.5. The van der Waals surface area contributed by atoms with Crippen LogP contribution in [0.15, 0.2) is 30.3 Å². The average molecular weight is 407 g/mol. The second-order valence-corrected chi connectivity index (χ2v) is 8.87. The Bertz CT molecular complexity index is 689. The van der Waals surface area contributed by atoms with E-state index in [9.17, 15) is 9.59 Å². The number of nitrogens with one attached hydrogen (secondary N) is 1. The van der Waals surface area contributed by atoms with Gasteiger partial charge in [-0.1, -0.05) is 18.2 Å². The second kappa shape index (κ2) is 10.4. The Labute approximate surface area is 173 Å². The van der Waals surface area contributed by atoms with Crippen molar-refractivity contribution in [2.75, 3.05) is 13.2 Å². The van der Waals surface area contributed by atoms with Crippen LogP contribution >= 0.6 is 0 Å². The molecule has 1 rings (SSSR count). The van der Waals surface area contributed by atoms with E-state index in [0.29, 0.717) is 12.4 Å². The van der Waals surface area contributed by atoms with Crippen molar-refractivity contribution < 1.29 is 23.8 Å². The Morgan fingerprint density at radius 3 is 2.14 bits per heavy atom. The highest BCUT2D eigenvalue weighted by Gasteiger charge is 2.28. The van der Waals surface area contributed by atoms with Gasteiger partial charge in [0.1, 0.15) is 17.1 Å². The third kappa shape index (κ3) is 10.1. The second-order valence-electron chi connectivity index (χ2n) is 8.87. The molecule has 1 aromatic rings. The molecule has 7 nitrogen and oxygen atoms in total. The zero-order valence-corrected chi connectivity index (χ0v) is 18.6. The van der Waals surface area contributed by atoms with Gasteiger partial charge in [0.15, 0.2) is 0 Å². The molecule has 0 bridgehead atoms. The van der Waals surface area contributed by atoms with Crippen LogP contribution in [-0.4, -0.2) is 53.1 Å². The van der Waals surface area contributed by atoms with E-state index in [1.165, 1.54) is 4.90 Å². The Hall–Kier alpha value is -2.41. The van der Waals surface area contributed by atoms with Crippen molar-refractivity contribution in [3.63, 3.8) is 0 Å². The van der Waals surface area contributed by atoms with E-state index in [2.05, 4.69) is 0 Å². The fraction of sp³-hybridized carbons (Fsp3) is 0.591. The molecule has 0 heterocycles. The van der Waals surface area contributed by atoms with Crippen molar-refractivity contribution in [2.45, 2.75) is 72.1 Å². The molecule has 0 aliphatic heterocycles. The van der Waals surface area contributed by atoms with Crippen molar-refractivity contribution in [1.82, 2.24) is 4.90 Å². The molecule has 0 saturated heterocycles. The van der Waals surface area contributed by atoms with Gasteiger partial charge in [0.2, 0.25) is 0 Å². The van der Waals surface area contributed by atoms with Crippen LogP contribution in [0.1, 0.15) is 54.9 Å². The lowest BCUT2D eigenvalue weighted by molar-refractivity contribution is -0.127. The number of esters is 1. The van der Waals surface area contributed by atoms with Crippen LogP contribution in [0, 0.1) is 5.41 Å². The van der Waals surface area contributed by atoms with E-state index >= 15 is 0 Å². The molecule has 0 fully saturated rings. The predicted molar refractivity (Wildman–Crippen MR) is 113 cm³/mol. The first kappa shape index (κ1) is 24.6. The van der Waals surface area contributed by atoms with Crippen molar-refractivity contribution in [3.05, 3.63) is 30.3 Å². The van der Waals surface area contributed by atoms with E-state index in [1.54, 1.807) is 52.0 Å². The molecule has 1 amide bonds. The molecule has 0 aliphatic carbocycles. The summed E-state index contributed by atoms with van der Waals surface area (Å²) in [6, 6.07) is 8.15. The number of carbonyl (C=O) groups is 2. The van der Waals surface area contributed by atoms with Gasteiger partial charge in [-0.15, -0.1) is 0 Å². The summed E-state index contributed by atoms with van der Waals surface area (Å²) < 4.78 is 16.4. The fourth-order valence-corrected chi connectivity index (χ4v) is 2.41. The minimum Gasteiger partial charge on any atom is -0.444 e. The first-order valence-corrected chi connectivity index (χ1v) is 9.77. The minimum absolute atomic E-state index is 0.0421. The third-order valence-corrected chi connectivity index (χ3v) is 3.73. The van der Waals surface area contributed by atoms with Crippen molar-refractivity contribution in [1.29, 1.82) is 5.41 Å². The van der Waals surface area contributed by atoms with Gasteiger partial charge in [0.05, 0.1) is 12.2 Å². The number of para-hydroxylation sites is 1. The van der Waals surface area contributed by atoms with Gasteiger partial charge in [-0.2, -0.15) is 0 Å². The van der Waals surface area contributed by atoms with Gasteiger partial charge in [0.25, 0.3) is 0 Å². The van der Waals surface area contributed by atoms with Crippen LogP contribution in [0.4, 0.5) is 4.79 Å². The highest BCUT2D eigenvalue weighted by molar-refractivity contribution is 6.35. The zero-order valence-electron chi connectivity index (χ0n) is 18.6. The lowest BCUT2D eigenvalue weighted by Gasteiger charge is -2.32. The number of rotatable bonds is 8. The maximum absolute atomic E-state index is 12.7. The maximum Gasteiger partial charge on any atom is 0.410 e. The molecule has 0 radical (unpaired) electrons. The van der Waals surface area contributed by atoms with Crippen molar-refractivity contribution in [2.24, 2.45) is 0 Å². The third-order valence-electron chi connectivity index (χ3n) is 3.73. The number of carbonyl (C=O) groups excluding carboxylic acids is 2. The molecule has 1 N–H and O–H groups in total. The molecule has 0 aliphatic rings. The SMILES string of the molecule is C[C@@H](CC(=N)C(=O)Oc1ccccc1)N(CCOC(C)(C)C)C(=O)OC(C)(C)C. The summed E-state index contributed by atoms with van der Waals surface area (Å²) >= 11 is 0. The van der Waals surface area contributed by atoms with Gasteiger partial charge in [0, 0.05) is 19.0 Å². The molecule has 1 atom stereocenters. The summed E-state index contributed by atoms with van der Waals surface area (Å²) in [5, 5.41) is 8.08. The number of nitrogens with zero attached hydrogens (tertiary/aromatic N) is 1. The van der Waals surface area contributed by atoms with E-state index in [-0.39, 0.29) is 24.3 Å². The average Bonchev–Trinajstić information content (AvgIpc) is 2.56. The van der Waals surface area contributed by atoms with Crippen LogP contribution in [0.5, 0.6) is 5.75 Å². The Balaban J connectivity index is 2.77. The van der Waals surface area contributed by atoms with Crippen LogP contribution in [0.3, 0.4) is 0 Å². The summed E-state index contributed by atoms with van der Waals surface area (Å²) in [7, 11) is 0. The molecule has 162 valence electrons. The highest BCUT2D eigenvalue weighted by atomic mass is 16.6. The maximum atomic E-state index is 12.7. The lowest BCUT2D eigenvalue weighted by Crippen LogP contribution is -2.45. The zero-order chi connectivity index (χ0) is 22.2. The van der Waals surface area contributed by atoms with Crippen LogP contribution in [0.25, 0.3) is 0 Å². The quantitative estimate of drug-likeness (QED) is 0.392. The smallest absolute Gasteiger partial charge is 0.410 e. The summed E-state index contributed by atoms with van der Waals surface area (Å²) in [6.07, 6.45) is -0.466. The lowest BCUT2D eigenvalue weighted by atomic mass is 10.1. The Morgan fingerprint density at radius 1 is 1.03 bits per heavy atom. The fourth-order valence-electron chi connectivity index (χ4n) is 2.41. The molecule has 0 spiro atoms. The number of amides is 1. The Morgan fingerprint density at radius 2 is 1.62 bits per heavy atom. The predicted octanol–water partition coefficient (Wildman–Crippen LogP) is 4.44. The first-order valence-electron chi connectivity index (χ1n) is 9.77. The molecular weight excluding hydrogens is 372 g/mol. The van der Waals surface area contributed by atoms with E-state index in [4.69, 9.17) is 19.6 Å². The van der Waals surface area contributed by atoms with Gasteiger partial charge in [-0.05, 0) is 60.6 Å². The molecular formula is C22H34N2O5. The van der Waals surface area contributed by atoms with Crippen LogP contribution in [0.2, 0.25) is 0 Å². The van der Waals surface area contributed by atoms with E-state index < -0.39 is 23.7 Å². The van der Waals surface area contributed by atoms with Gasteiger partial charge >= 0.3 is 12.1 Å². The van der Waals surface area contributed by atoms with Gasteiger partial charge in [-0.25, -0.2) is 9.59 Å². The van der Waals surface area contributed by atoms with Crippen molar-refractivity contribution >= 4 is 17.8 Å². The topological polar surface area (TPSA) is 88.9 Å². The molecule has 1 aromatic carbocycles. The molecule has 0 aromatic heterocycles. The summed E-state index contributed by atoms with van der Waals surface area (Å²) in [4.78, 5) is 26.4. The largest absolute Gasteiger partial charge is 0.444 e. The summed E-state index contributed by atoms with van der Waals surface area (Å²) in [5.74, 6) is -0.365. The Kier molecular flexibility index (Phi) is 8.82. The molecule has 29 heavy (non-hydrogen) atoms. The number of hydrogen-bond acceptors (Lipinski definition) is 6. The summed E-state index contributed by atoms with van der Waals surface area (Å²) in [5.41, 5.74) is -1.21. The minimum atomic E-state index is -0.738. The number of benzene rings is 1. The highest BCUT2D eigenvalue weighted by Crippen LogP contribution is 2.16. The van der Waals surface area contributed by atoms with Crippen molar-refractivity contribution in [3.8, 4) is 5.75 Å². The number of hydrogen-bond donors (Lipinski definition) is 1. The van der Waals surface area contributed by atoms with Crippen LogP contribution < -0.4 is 4.74 Å². The molecule has 0 saturated carbocycles. The molecule has 7 heteroatoms. The monoisotopic (exact) mass is 406 g/mol. The van der Waals surface area contributed by atoms with E-state index in [0.717, 1.165) is 0 Å². The molecule has 0 unspecified atom stereocenters. The standard InChI is InChI=1S/C22H34N2O5/c1-16(15-18(23)19(25)28-17-11-9-8-10-12-17)24(13-14-27-21(2,3)4)20(26)29-22(5,6)7/h8-12,16,23H,13-15H2,1-7H3/t16-/m0/s1. The van der Waals surface area contributed by atoms with Gasteiger partial charge < -0.3 is 19.1 Å². The number of ether oxygens (including phenoxy) is 3. The van der Waals surface area contributed by atoms with Gasteiger partial charge in [-0.3, -0.25) is 5.41 Å². The van der Waals surface area contributed by atoms with Crippen LogP contribution in [-0.2, 0) is 14.3 Å². The first-order chi connectivity index (χ1) is 13.3. The van der Waals surface area contributed by atoms with E-state index in [1.807, 2.05) is 26.8 Å².